The Bertz CT molecular complexity index is 598. The molecule has 1 aliphatic heterocycles. The van der Waals surface area contributed by atoms with Gasteiger partial charge in [0.15, 0.2) is 0 Å². The molecule has 0 spiro atoms. The summed E-state index contributed by atoms with van der Waals surface area (Å²) in [6.45, 7) is 0.843. The highest BCUT2D eigenvalue weighted by Gasteiger charge is 2.19. The highest BCUT2D eigenvalue weighted by atomic mass is 127. The summed E-state index contributed by atoms with van der Waals surface area (Å²) in [6.07, 6.45) is 3.17. The summed E-state index contributed by atoms with van der Waals surface area (Å²) in [4.78, 5) is 9.09. The fourth-order valence-corrected chi connectivity index (χ4v) is 2.95. The van der Waals surface area contributed by atoms with Crippen LogP contribution >= 0.6 is 22.6 Å². The zero-order valence-corrected chi connectivity index (χ0v) is 13.2. The Morgan fingerprint density at radius 3 is 2.75 bits per heavy atom. The molecule has 0 radical (unpaired) electrons. The predicted molar refractivity (Wildman–Crippen MR) is 87.3 cm³/mol. The van der Waals surface area contributed by atoms with E-state index in [2.05, 4.69) is 32.6 Å². The molecule has 1 aromatic carbocycles. The largest absolute Gasteiger partial charge is 0.383 e. The summed E-state index contributed by atoms with van der Waals surface area (Å²) in [5.74, 6) is 1.32. The number of aromatic nitrogens is 2. The van der Waals surface area contributed by atoms with Gasteiger partial charge in [-0.1, -0.05) is 30.3 Å². The standard InChI is InChI=1S/C15H16IN3O/c16-13-14(10-5-2-1-3-6-10)18-12(19-15(13)17)9-11-7-4-8-20-11/h1-3,5-6,11H,4,7-9H2,(H2,17,18,19). The summed E-state index contributed by atoms with van der Waals surface area (Å²) < 4.78 is 6.56. The third-order valence-electron chi connectivity index (χ3n) is 3.40. The molecule has 0 aliphatic carbocycles. The van der Waals surface area contributed by atoms with Gasteiger partial charge in [0.1, 0.15) is 11.6 Å². The first kappa shape index (κ1) is 13.8. The van der Waals surface area contributed by atoms with Gasteiger partial charge in [0.25, 0.3) is 0 Å². The van der Waals surface area contributed by atoms with Crippen LogP contribution in [0.15, 0.2) is 30.3 Å². The number of rotatable bonds is 3. The number of benzene rings is 1. The molecule has 1 saturated heterocycles. The molecule has 1 atom stereocenters. The van der Waals surface area contributed by atoms with Crippen molar-refractivity contribution in [1.29, 1.82) is 0 Å². The van der Waals surface area contributed by atoms with Crippen molar-refractivity contribution in [3.8, 4) is 11.3 Å². The van der Waals surface area contributed by atoms with E-state index in [4.69, 9.17) is 10.5 Å². The number of anilines is 1. The van der Waals surface area contributed by atoms with Crippen molar-refractivity contribution in [2.45, 2.75) is 25.4 Å². The Morgan fingerprint density at radius 2 is 2.05 bits per heavy atom. The van der Waals surface area contributed by atoms with Gasteiger partial charge in [-0.05, 0) is 35.4 Å². The van der Waals surface area contributed by atoms with Crippen LogP contribution in [0.3, 0.4) is 0 Å². The third kappa shape index (κ3) is 2.93. The van der Waals surface area contributed by atoms with Crippen LogP contribution in [-0.4, -0.2) is 22.7 Å². The monoisotopic (exact) mass is 381 g/mol. The smallest absolute Gasteiger partial charge is 0.141 e. The minimum absolute atomic E-state index is 0.234. The summed E-state index contributed by atoms with van der Waals surface area (Å²) in [7, 11) is 0. The van der Waals surface area contributed by atoms with E-state index in [-0.39, 0.29) is 6.10 Å². The van der Waals surface area contributed by atoms with E-state index >= 15 is 0 Å². The van der Waals surface area contributed by atoms with Crippen LogP contribution in [0, 0.1) is 3.57 Å². The van der Waals surface area contributed by atoms with Crippen LogP contribution in [0.2, 0.25) is 0 Å². The second-order valence-electron chi connectivity index (χ2n) is 4.89. The number of halogens is 1. The molecule has 1 aliphatic rings. The van der Waals surface area contributed by atoms with Crippen molar-refractivity contribution in [3.05, 3.63) is 39.7 Å². The fourth-order valence-electron chi connectivity index (χ4n) is 2.40. The van der Waals surface area contributed by atoms with E-state index in [0.717, 1.165) is 46.5 Å². The van der Waals surface area contributed by atoms with Crippen molar-refractivity contribution in [3.63, 3.8) is 0 Å². The first-order valence-electron chi connectivity index (χ1n) is 6.73. The predicted octanol–water partition coefficient (Wildman–Crippen LogP) is 3.05. The van der Waals surface area contributed by atoms with Gasteiger partial charge >= 0.3 is 0 Å². The van der Waals surface area contributed by atoms with Crippen LogP contribution in [0.25, 0.3) is 11.3 Å². The lowest BCUT2D eigenvalue weighted by molar-refractivity contribution is 0.110. The molecule has 0 saturated carbocycles. The Balaban J connectivity index is 1.95. The van der Waals surface area contributed by atoms with Crippen molar-refractivity contribution in [2.75, 3.05) is 12.3 Å². The average molecular weight is 381 g/mol. The molecule has 1 aromatic heterocycles. The minimum atomic E-state index is 0.234. The molecule has 2 aromatic rings. The van der Waals surface area contributed by atoms with Crippen LogP contribution in [0.1, 0.15) is 18.7 Å². The Kier molecular flexibility index (Phi) is 4.16. The van der Waals surface area contributed by atoms with Gasteiger partial charge in [-0.15, -0.1) is 0 Å². The number of hydrogen-bond donors (Lipinski definition) is 1. The highest BCUT2D eigenvalue weighted by molar-refractivity contribution is 14.1. The van der Waals surface area contributed by atoms with E-state index in [9.17, 15) is 0 Å². The first-order chi connectivity index (χ1) is 9.74. The van der Waals surface area contributed by atoms with Gasteiger partial charge in [0.05, 0.1) is 15.4 Å². The van der Waals surface area contributed by atoms with Crippen molar-refractivity contribution in [2.24, 2.45) is 0 Å². The van der Waals surface area contributed by atoms with E-state index < -0.39 is 0 Å². The van der Waals surface area contributed by atoms with E-state index in [0.29, 0.717) is 5.82 Å². The topological polar surface area (TPSA) is 61.0 Å². The van der Waals surface area contributed by atoms with Crippen molar-refractivity contribution >= 4 is 28.4 Å². The third-order valence-corrected chi connectivity index (χ3v) is 4.47. The lowest BCUT2D eigenvalue weighted by Gasteiger charge is -2.12. The van der Waals surface area contributed by atoms with Crippen LogP contribution in [0.4, 0.5) is 5.82 Å². The fraction of sp³-hybridized carbons (Fsp3) is 0.333. The highest BCUT2D eigenvalue weighted by Crippen LogP contribution is 2.27. The zero-order valence-electron chi connectivity index (χ0n) is 11.1. The summed E-state index contributed by atoms with van der Waals surface area (Å²) in [5.41, 5.74) is 8.01. The van der Waals surface area contributed by atoms with E-state index in [1.54, 1.807) is 0 Å². The van der Waals surface area contributed by atoms with E-state index in [1.807, 2.05) is 30.3 Å². The maximum absolute atomic E-state index is 6.03. The molecule has 20 heavy (non-hydrogen) atoms. The van der Waals surface area contributed by atoms with Gasteiger partial charge in [0, 0.05) is 18.6 Å². The zero-order chi connectivity index (χ0) is 13.9. The SMILES string of the molecule is Nc1nc(CC2CCCO2)nc(-c2ccccc2)c1I. The molecular formula is C15H16IN3O. The quantitative estimate of drug-likeness (QED) is 0.831. The molecule has 3 rings (SSSR count). The number of nitrogens with zero attached hydrogens (tertiary/aromatic N) is 2. The average Bonchev–Trinajstić information content (AvgIpc) is 2.96. The lowest BCUT2D eigenvalue weighted by atomic mass is 10.1. The normalized spacial score (nSPS) is 18.4. The molecule has 2 heterocycles. The van der Waals surface area contributed by atoms with Gasteiger partial charge in [-0.2, -0.15) is 0 Å². The molecule has 1 unspecified atom stereocenters. The molecular weight excluding hydrogens is 365 g/mol. The molecule has 104 valence electrons. The lowest BCUT2D eigenvalue weighted by Crippen LogP contribution is -2.14. The molecule has 4 nitrogen and oxygen atoms in total. The molecule has 5 heteroatoms. The second-order valence-corrected chi connectivity index (χ2v) is 5.97. The number of hydrogen-bond acceptors (Lipinski definition) is 4. The molecule has 1 fully saturated rings. The Hall–Kier alpha value is -1.21. The number of ether oxygens (including phenoxy) is 1. The molecule has 0 bridgehead atoms. The Morgan fingerprint density at radius 1 is 1.25 bits per heavy atom. The number of nitrogen functional groups attached to an aromatic ring is 1. The van der Waals surface area contributed by atoms with Gasteiger partial charge in [-0.3, -0.25) is 0 Å². The summed E-state index contributed by atoms with van der Waals surface area (Å²) in [6, 6.07) is 10.1. The first-order valence-corrected chi connectivity index (χ1v) is 7.81. The van der Waals surface area contributed by atoms with E-state index in [1.165, 1.54) is 0 Å². The van der Waals surface area contributed by atoms with Crippen molar-refractivity contribution in [1.82, 2.24) is 9.97 Å². The second kappa shape index (κ2) is 6.05. The maximum atomic E-state index is 6.03. The van der Waals surface area contributed by atoms with Crippen LogP contribution < -0.4 is 5.73 Å². The van der Waals surface area contributed by atoms with Gasteiger partial charge in [-0.25, -0.2) is 9.97 Å². The van der Waals surface area contributed by atoms with Crippen LogP contribution in [0.5, 0.6) is 0 Å². The summed E-state index contributed by atoms with van der Waals surface area (Å²) >= 11 is 2.21. The maximum Gasteiger partial charge on any atom is 0.141 e. The van der Waals surface area contributed by atoms with Crippen LogP contribution in [-0.2, 0) is 11.2 Å². The van der Waals surface area contributed by atoms with Gasteiger partial charge in [0.2, 0.25) is 0 Å². The summed E-state index contributed by atoms with van der Waals surface area (Å²) in [5, 5.41) is 0. The number of nitrogens with two attached hydrogens (primary N) is 1. The Labute approximate surface area is 131 Å². The minimum Gasteiger partial charge on any atom is -0.383 e. The molecule has 2 N–H and O–H groups in total. The van der Waals surface area contributed by atoms with Gasteiger partial charge < -0.3 is 10.5 Å². The molecule has 0 amide bonds. The van der Waals surface area contributed by atoms with Crippen molar-refractivity contribution < 1.29 is 4.74 Å².